The van der Waals surface area contributed by atoms with Crippen LogP contribution in [0, 0.1) is 5.92 Å². The van der Waals surface area contributed by atoms with Gasteiger partial charge in [-0.15, -0.1) is 0 Å². The van der Waals surface area contributed by atoms with Gasteiger partial charge in [-0.05, 0) is 6.92 Å². The van der Waals surface area contributed by atoms with E-state index < -0.39 is 0 Å². The van der Waals surface area contributed by atoms with Crippen LogP contribution in [0.1, 0.15) is 26.7 Å². The van der Waals surface area contributed by atoms with Crippen LogP contribution in [0.3, 0.4) is 0 Å². The van der Waals surface area contributed by atoms with Crippen LogP contribution in [0.4, 0.5) is 0 Å². The highest BCUT2D eigenvalue weighted by Gasteiger charge is 2.45. The molecule has 3 aliphatic heterocycles. The molecular formula is C15H24N2O4. The average molecular weight is 296 g/mol. The molecule has 6 heteroatoms. The van der Waals surface area contributed by atoms with Crippen molar-refractivity contribution in [3.8, 4) is 0 Å². The highest BCUT2D eigenvalue weighted by molar-refractivity contribution is 5.83. The lowest BCUT2D eigenvalue weighted by Crippen LogP contribution is -2.62. The van der Waals surface area contributed by atoms with Crippen LogP contribution in [0.2, 0.25) is 0 Å². The Hall–Kier alpha value is -1.14. The number of ether oxygens (including phenoxy) is 2. The van der Waals surface area contributed by atoms with Gasteiger partial charge in [-0.25, -0.2) is 0 Å². The van der Waals surface area contributed by atoms with Crippen LogP contribution in [-0.2, 0) is 19.1 Å². The zero-order chi connectivity index (χ0) is 15.0. The summed E-state index contributed by atoms with van der Waals surface area (Å²) < 4.78 is 11.6. The molecular weight excluding hydrogens is 272 g/mol. The molecule has 2 amide bonds. The van der Waals surface area contributed by atoms with Crippen molar-refractivity contribution in [1.82, 2.24) is 9.80 Å². The van der Waals surface area contributed by atoms with Crippen LogP contribution in [-0.4, -0.2) is 72.7 Å². The summed E-state index contributed by atoms with van der Waals surface area (Å²) in [5.41, 5.74) is -0.227. The Morgan fingerprint density at radius 3 is 2.38 bits per heavy atom. The third-order valence-corrected chi connectivity index (χ3v) is 4.80. The molecule has 3 rings (SSSR count). The van der Waals surface area contributed by atoms with Gasteiger partial charge in [0.05, 0.1) is 17.6 Å². The minimum Gasteiger partial charge on any atom is -0.381 e. The van der Waals surface area contributed by atoms with Gasteiger partial charge in [-0.2, -0.15) is 0 Å². The summed E-state index contributed by atoms with van der Waals surface area (Å²) in [6, 6.07) is 0. The van der Waals surface area contributed by atoms with Crippen LogP contribution >= 0.6 is 0 Å². The average Bonchev–Trinajstić information content (AvgIpc) is 2.36. The van der Waals surface area contributed by atoms with Gasteiger partial charge < -0.3 is 19.3 Å². The number of rotatable bonds is 1. The van der Waals surface area contributed by atoms with E-state index >= 15 is 0 Å². The first-order chi connectivity index (χ1) is 9.99. The lowest BCUT2D eigenvalue weighted by molar-refractivity contribution is -0.193. The van der Waals surface area contributed by atoms with E-state index in [1.807, 2.05) is 11.8 Å². The Labute approximate surface area is 125 Å². The van der Waals surface area contributed by atoms with Crippen molar-refractivity contribution in [3.63, 3.8) is 0 Å². The maximum Gasteiger partial charge on any atom is 0.229 e. The van der Waals surface area contributed by atoms with Crippen LogP contribution in [0.25, 0.3) is 0 Å². The van der Waals surface area contributed by atoms with E-state index in [0.29, 0.717) is 39.4 Å². The fourth-order valence-corrected chi connectivity index (χ4v) is 3.56. The molecule has 0 N–H and O–H groups in total. The Bertz CT molecular complexity index is 427. The summed E-state index contributed by atoms with van der Waals surface area (Å²) in [5, 5.41) is 0. The van der Waals surface area contributed by atoms with Gasteiger partial charge in [0.1, 0.15) is 0 Å². The Kier molecular flexibility index (Phi) is 3.92. The molecule has 0 saturated carbocycles. The van der Waals surface area contributed by atoms with Crippen molar-refractivity contribution in [2.75, 3.05) is 39.4 Å². The first-order valence-corrected chi connectivity index (χ1v) is 7.79. The fourth-order valence-electron chi connectivity index (χ4n) is 3.56. The van der Waals surface area contributed by atoms with Crippen molar-refractivity contribution in [1.29, 1.82) is 0 Å². The van der Waals surface area contributed by atoms with Crippen molar-refractivity contribution in [2.45, 2.75) is 38.4 Å². The van der Waals surface area contributed by atoms with Gasteiger partial charge in [0.2, 0.25) is 11.8 Å². The summed E-state index contributed by atoms with van der Waals surface area (Å²) >= 11 is 0. The third-order valence-electron chi connectivity index (χ3n) is 4.80. The quantitative estimate of drug-likeness (QED) is 0.696. The van der Waals surface area contributed by atoms with Crippen LogP contribution < -0.4 is 0 Å². The molecule has 1 atom stereocenters. The topological polar surface area (TPSA) is 59.1 Å². The van der Waals surface area contributed by atoms with Gasteiger partial charge >= 0.3 is 0 Å². The molecule has 6 nitrogen and oxygen atoms in total. The zero-order valence-electron chi connectivity index (χ0n) is 12.8. The van der Waals surface area contributed by atoms with Gasteiger partial charge in [-0.1, -0.05) is 0 Å². The molecule has 1 spiro atoms. The Morgan fingerprint density at radius 2 is 1.76 bits per heavy atom. The van der Waals surface area contributed by atoms with E-state index in [2.05, 4.69) is 0 Å². The zero-order valence-corrected chi connectivity index (χ0v) is 12.8. The highest BCUT2D eigenvalue weighted by atomic mass is 16.5. The molecule has 0 radical (unpaired) electrons. The first kappa shape index (κ1) is 14.8. The number of likely N-dealkylation sites (tertiary alicyclic amines) is 1. The highest BCUT2D eigenvalue weighted by Crippen LogP contribution is 2.32. The van der Waals surface area contributed by atoms with E-state index in [0.717, 1.165) is 12.8 Å². The Morgan fingerprint density at radius 1 is 1.10 bits per heavy atom. The normalized spacial score (nSPS) is 29.3. The molecule has 1 unspecified atom stereocenters. The fraction of sp³-hybridized carbons (Fsp3) is 0.867. The van der Waals surface area contributed by atoms with Crippen molar-refractivity contribution < 1.29 is 19.1 Å². The van der Waals surface area contributed by atoms with Crippen LogP contribution in [0.5, 0.6) is 0 Å². The predicted molar refractivity (Wildman–Crippen MR) is 75.7 cm³/mol. The van der Waals surface area contributed by atoms with Gasteiger partial charge in [0.15, 0.2) is 0 Å². The minimum absolute atomic E-state index is 0.0314. The first-order valence-electron chi connectivity index (χ1n) is 7.79. The van der Waals surface area contributed by atoms with Crippen LogP contribution in [0.15, 0.2) is 0 Å². The summed E-state index contributed by atoms with van der Waals surface area (Å²) in [4.78, 5) is 27.5. The lowest BCUT2D eigenvalue weighted by atomic mass is 9.89. The monoisotopic (exact) mass is 296 g/mol. The van der Waals surface area contributed by atoms with E-state index in [9.17, 15) is 9.59 Å². The second-order valence-corrected chi connectivity index (χ2v) is 6.56. The van der Waals surface area contributed by atoms with E-state index in [1.165, 1.54) is 0 Å². The third kappa shape index (κ3) is 2.92. The van der Waals surface area contributed by atoms with Gasteiger partial charge in [0.25, 0.3) is 0 Å². The second-order valence-electron chi connectivity index (χ2n) is 6.56. The summed E-state index contributed by atoms with van der Waals surface area (Å²) in [6.07, 6.45) is 1.77. The standard InChI is InChI=1S/C15H24N2O4/c1-11-7-17(10-15(21-11)3-5-20-6-4-15)14(19)13-8-16(9-13)12(2)18/h11,13H,3-10H2,1-2H3. The largest absolute Gasteiger partial charge is 0.381 e. The van der Waals surface area contributed by atoms with Gasteiger partial charge in [-0.3, -0.25) is 9.59 Å². The number of nitrogens with zero attached hydrogens (tertiary/aromatic N) is 2. The van der Waals surface area contributed by atoms with E-state index in [4.69, 9.17) is 9.47 Å². The number of morpholine rings is 1. The summed E-state index contributed by atoms with van der Waals surface area (Å²) in [5.74, 6) is 0.194. The molecule has 118 valence electrons. The molecule has 0 aliphatic carbocycles. The molecule has 0 bridgehead atoms. The molecule has 21 heavy (non-hydrogen) atoms. The number of carbonyl (C=O) groups excluding carboxylic acids is 2. The van der Waals surface area contributed by atoms with Crippen molar-refractivity contribution in [2.24, 2.45) is 5.92 Å². The molecule has 3 saturated heterocycles. The molecule has 0 aromatic rings. The number of carbonyl (C=O) groups is 2. The maximum atomic E-state index is 12.6. The SMILES string of the molecule is CC(=O)N1CC(C(=O)N2CC(C)OC3(CCOCC3)C2)C1. The molecule has 0 aromatic carbocycles. The van der Waals surface area contributed by atoms with E-state index in [1.54, 1.807) is 11.8 Å². The molecule has 3 heterocycles. The second kappa shape index (κ2) is 5.57. The molecule has 3 fully saturated rings. The molecule has 3 aliphatic rings. The lowest BCUT2D eigenvalue weighted by Gasteiger charge is -2.49. The number of amides is 2. The summed E-state index contributed by atoms with van der Waals surface area (Å²) in [6.45, 7) is 7.43. The minimum atomic E-state index is -0.227. The smallest absolute Gasteiger partial charge is 0.229 e. The maximum absolute atomic E-state index is 12.6. The summed E-state index contributed by atoms with van der Waals surface area (Å²) in [7, 11) is 0. The van der Waals surface area contributed by atoms with E-state index in [-0.39, 0.29) is 29.4 Å². The Balaban J connectivity index is 1.62. The molecule has 0 aromatic heterocycles. The predicted octanol–water partition coefficient (Wildman–Crippen LogP) is 0.261. The van der Waals surface area contributed by atoms with Gasteiger partial charge in [0, 0.05) is 59.2 Å². The van der Waals surface area contributed by atoms with Crippen molar-refractivity contribution >= 4 is 11.8 Å². The van der Waals surface area contributed by atoms with Crippen molar-refractivity contribution in [3.05, 3.63) is 0 Å². The number of hydrogen-bond donors (Lipinski definition) is 0. The number of hydrogen-bond acceptors (Lipinski definition) is 4.